The SMILES string of the molecule is CCOC(=O)[C@H](Cc1ccc(OCCc2nc(-c3ccccc3)oc2C)cc1)NCc1ccccc1. The molecule has 0 amide bonds. The molecule has 4 rings (SSSR count). The maximum absolute atomic E-state index is 12.5. The van der Waals surface area contributed by atoms with Gasteiger partial charge in [-0.05, 0) is 55.7 Å². The molecule has 0 bridgehead atoms. The molecule has 0 aliphatic rings. The fourth-order valence-electron chi connectivity index (χ4n) is 3.91. The second-order valence-corrected chi connectivity index (χ2v) is 8.51. The minimum atomic E-state index is -0.425. The highest BCUT2D eigenvalue weighted by molar-refractivity contribution is 5.76. The number of esters is 1. The van der Waals surface area contributed by atoms with Crippen LogP contribution < -0.4 is 10.1 Å². The molecule has 186 valence electrons. The zero-order valence-corrected chi connectivity index (χ0v) is 20.8. The standard InChI is InChI=1S/C30H32N2O4/c1-3-34-30(33)28(31-21-24-10-6-4-7-11-24)20-23-14-16-26(17-15-23)35-19-18-27-22(2)36-29(32-27)25-12-8-5-9-13-25/h4-17,28,31H,3,18-21H2,1-2H3/t28-/m0/s1. The van der Waals surface area contributed by atoms with Crippen molar-refractivity contribution in [2.24, 2.45) is 0 Å². The van der Waals surface area contributed by atoms with Crippen LogP contribution in [0.3, 0.4) is 0 Å². The number of oxazole rings is 1. The summed E-state index contributed by atoms with van der Waals surface area (Å²) in [5.74, 6) is 1.96. The Morgan fingerprint density at radius 1 is 0.944 bits per heavy atom. The van der Waals surface area contributed by atoms with Gasteiger partial charge in [-0.1, -0.05) is 60.7 Å². The molecule has 1 N–H and O–H groups in total. The zero-order chi connectivity index (χ0) is 25.2. The number of carbonyl (C=O) groups excluding carboxylic acids is 1. The predicted octanol–water partition coefficient (Wildman–Crippen LogP) is 5.54. The lowest BCUT2D eigenvalue weighted by atomic mass is 10.1. The van der Waals surface area contributed by atoms with Crippen molar-refractivity contribution in [3.05, 3.63) is 108 Å². The van der Waals surface area contributed by atoms with E-state index in [0.717, 1.165) is 33.9 Å². The van der Waals surface area contributed by atoms with Crippen molar-refractivity contribution in [1.29, 1.82) is 0 Å². The summed E-state index contributed by atoms with van der Waals surface area (Å²) in [6.45, 7) is 5.19. The molecule has 0 unspecified atom stereocenters. The highest BCUT2D eigenvalue weighted by Gasteiger charge is 2.20. The molecule has 0 aliphatic carbocycles. The number of hydrogen-bond acceptors (Lipinski definition) is 6. The quantitative estimate of drug-likeness (QED) is 0.266. The molecule has 1 heterocycles. The van der Waals surface area contributed by atoms with Gasteiger partial charge in [-0.25, -0.2) is 4.98 Å². The Morgan fingerprint density at radius 3 is 2.33 bits per heavy atom. The molecular weight excluding hydrogens is 452 g/mol. The van der Waals surface area contributed by atoms with Crippen LogP contribution in [0, 0.1) is 6.92 Å². The van der Waals surface area contributed by atoms with E-state index in [2.05, 4.69) is 10.3 Å². The lowest BCUT2D eigenvalue weighted by molar-refractivity contribution is -0.145. The van der Waals surface area contributed by atoms with Crippen molar-refractivity contribution in [3.63, 3.8) is 0 Å². The first-order valence-electron chi connectivity index (χ1n) is 12.3. The van der Waals surface area contributed by atoms with Crippen molar-refractivity contribution >= 4 is 5.97 Å². The molecule has 0 aliphatic heterocycles. The van der Waals surface area contributed by atoms with Crippen molar-refractivity contribution in [2.75, 3.05) is 13.2 Å². The number of aromatic nitrogens is 1. The van der Waals surface area contributed by atoms with E-state index in [0.29, 0.717) is 38.5 Å². The van der Waals surface area contributed by atoms with Gasteiger partial charge in [-0.2, -0.15) is 0 Å². The molecule has 3 aromatic carbocycles. The minimum absolute atomic E-state index is 0.244. The molecule has 0 saturated carbocycles. The van der Waals surface area contributed by atoms with Gasteiger partial charge < -0.3 is 19.2 Å². The molecule has 0 radical (unpaired) electrons. The predicted molar refractivity (Wildman–Crippen MR) is 140 cm³/mol. The van der Waals surface area contributed by atoms with Gasteiger partial charge in [0, 0.05) is 18.5 Å². The van der Waals surface area contributed by atoms with Crippen LogP contribution in [0.15, 0.2) is 89.3 Å². The fourth-order valence-corrected chi connectivity index (χ4v) is 3.91. The smallest absolute Gasteiger partial charge is 0.323 e. The largest absolute Gasteiger partial charge is 0.493 e. The number of rotatable bonds is 12. The van der Waals surface area contributed by atoms with Crippen LogP contribution in [0.5, 0.6) is 5.75 Å². The van der Waals surface area contributed by atoms with Crippen LogP contribution in [0.2, 0.25) is 0 Å². The first-order chi connectivity index (χ1) is 17.6. The van der Waals surface area contributed by atoms with Crippen molar-refractivity contribution in [3.8, 4) is 17.2 Å². The van der Waals surface area contributed by atoms with E-state index in [1.807, 2.05) is 98.8 Å². The van der Waals surface area contributed by atoms with E-state index in [4.69, 9.17) is 13.9 Å². The monoisotopic (exact) mass is 484 g/mol. The van der Waals surface area contributed by atoms with Crippen LogP contribution >= 0.6 is 0 Å². The van der Waals surface area contributed by atoms with Crippen molar-refractivity contribution in [2.45, 2.75) is 39.3 Å². The average Bonchev–Trinajstić information content (AvgIpc) is 3.29. The molecule has 0 spiro atoms. The summed E-state index contributed by atoms with van der Waals surface area (Å²) in [5.41, 5.74) is 4.00. The zero-order valence-electron chi connectivity index (χ0n) is 20.8. The van der Waals surface area contributed by atoms with Gasteiger partial charge in [0.15, 0.2) is 0 Å². The number of benzene rings is 3. The van der Waals surface area contributed by atoms with Crippen LogP contribution in [0.25, 0.3) is 11.5 Å². The molecule has 6 heteroatoms. The summed E-state index contributed by atoms with van der Waals surface area (Å²) < 4.78 is 17.1. The van der Waals surface area contributed by atoms with Crippen LogP contribution in [0.4, 0.5) is 0 Å². The topological polar surface area (TPSA) is 73.6 Å². The maximum atomic E-state index is 12.5. The third kappa shape index (κ3) is 7.06. The highest BCUT2D eigenvalue weighted by atomic mass is 16.5. The number of hydrogen-bond donors (Lipinski definition) is 1. The molecule has 36 heavy (non-hydrogen) atoms. The third-order valence-electron chi connectivity index (χ3n) is 5.85. The van der Waals surface area contributed by atoms with E-state index >= 15 is 0 Å². The van der Waals surface area contributed by atoms with E-state index in [-0.39, 0.29) is 5.97 Å². The lowest BCUT2D eigenvalue weighted by Gasteiger charge is -2.18. The Bertz CT molecular complexity index is 1220. The second-order valence-electron chi connectivity index (χ2n) is 8.51. The Balaban J connectivity index is 1.30. The normalized spacial score (nSPS) is 11.7. The van der Waals surface area contributed by atoms with E-state index < -0.39 is 6.04 Å². The van der Waals surface area contributed by atoms with Crippen molar-refractivity contribution < 1.29 is 18.7 Å². The second kappa shape index (κ2) is 12.7. The van der Waals surface area contributed by atoms with E-state index in [1.165, 1.54) is 0 Å². The third-order valence-corrected chi connectivity index (χ3v) is 5.85. The molecule has 1 aromatic heterocycles. The molecule has 6 nitrogen and oxygen atoms in total. The minimum Gasteiger partial charge on any atom is -0.493 e. The highest BCUT2D eigenvalue weighted by Crippen LogP contribution is 2.22. The van der Waals surface area contributed by atoms with Crippen LogP contribution in [-0.4, -0.2) is 30.2 Å². The number of ether oxygens (including phenoxy) is 2. The van der Waals surface area contributed by atoms with Crippen LogP contribution in [-0.2, 0) is 28.9 Å². The molecular formula is C30H32N2O4. The summed E-state index contributed by atoms with van der Waals surface area (Å²) in [6, 6.07) is 27.3. The molecule has 1 atom stereocenters. The number of nitrogens with zero attached hydrogens (tertiary/aromatic N) is 1. The van der Waals surface area contributed by atoms with Gasteiger partial charge in [-0.15, -0.1) is 0 Å². The van der Waals surface area contributed by atoms with Gasteiger partial charge >= 0.3 is 5.97 Å². The molecule has 0 fully saturated rings. The lowest BCUT2D eigenvalue weighted by Crippen LogP contribution is -2.39. The van der Waals surface area contributed by atoms with Crippen LogP contribution in [0.1, 0.15) is 29.5 Å². The van der Waals surface area contributed by atoms with E-state index in [9.17, 15) is 4.79 Å². The number of nitrogens with one attached hydrogen (secondary N) is 1. The van der Waals surface area contributed by atoms with Gasteiger partial charge in [0.1, 0.15) is 17.6 Å². The van der Waals surface area contributed by atoms with Crippen molar-refractivity contribution in [1.82, 2.24) is 10.3 Å². The Morgan fingerprint density at radius 2 is 1.64 bits per heavy atom. The van der Waals surface area contributed by atoms with Gasteiger partial charge in [-0.3, -0.25) is 4.79 Å². The summed E-state index contributed by atoms with van der Waals surface area (Å²) in [4.78, 5) is 17.1. The summed E-state index contributed by atoms with van der Waals surface area (Å²) in [6.07, 6.45) is 1.19. The Hall–Kier alpha value is -3.90. The Kier molecular flexibility index (Phi) is 8.89. The first-order valence-corrected chi connectivity index (χ1v) is 12.3. The van der Waals surface area contributed by atoms with Gasteiger partial charge in [0.25, 0.3) is 0 Å². The Labute approximate surface area is 212 Å². The van der Waals surface area contributed by atoms with Gasteiger partial charge in [0.2, 0.25) is 5.89 Å². The average molecular weight is 485 g/mol. The molecule has 4 aromatic rings. The number of carbonyl (C=O) groups is 1. The van der Waals surface area contributed by atoms with Gasteiger partial charge in [0.05, 0.1) is 18.9 Å². The summed E-state index contributed by atoms with van der Waals surface area (Å²) in [7, 11) is 0. The summed E-state index contributed by atoms with van der Waals surface area (Å²) >= 11 is 0. The number of aryl methyl sites for hydroxylation is 1. The fraction of sp³-hybridized carbons (Fsp3) is 0.267. The molecule has 0 saturated heterocycles. The first kappa shape index (κ1) is 25.2. The maximum Gasteiger partial charge on any atom is 0.323 e. The summed E-state index contributed by atoms with van der Waals surface area (Å²) in [5, 5.41) is 3.33. The van der Waals surface area contributed by atoms with E-state index in [1.54, 1.807) is 0 Å².